The number of para-hydroxylation sites is 1. The topological polar surface area (TPSA) is 61.4 Å². The Morgan fingerprint density at radius 3 is 2.30 bits per heavy atom. The van der Waals surface area contributed by atoms with Crippen LogP contribution < -0.4 is 10.6 Å². The molecule has 1 aromatic carbocycles. The van der Waals surface area contributed by atoms with Crippen LogP contribution in [0.15, 0.2) is 53.3 Å². The molecule has 0 radical (unpaired) electrons. The first kappa shape index (κ1) is 19.9. The second-order valence-electron chi connectivity index (χ2n) is 7.18. The Hall–Kier alpha value is -1.80. The molecule has 8 heteroatoms. The Kier molecular flexibility index (Phi) is 4.93. The molecule has 0 bridgehead atoms. The fraction of sp³-hybridized carbons (Fsp3) is 0.421. The highest BCUT2D eigenvalue weighted by Gasteiger charge is 2.58. The summed E-state index contributed by atoms with van der Waals surface area (Å²) in [5.41, 5.74) is -1.89. The van der Waals surface area contributed by atoms with Gasteiger partial charge in [-0.25, -0.2) is 4.79 Å². The zero-order valence-corrected chi connectivity index (χ0v) is 16.4. The van der Waals surface area contributed by atoms with Gasteiger partial charge in [-0.1, -0.05) is 34.1 Å². The van der Waals surface area contributed by atoms with E-state index in [1.807, 2.05) is 0 Å². The minimum absolute atomic E-state index is 0.0887. The SMILES string of the molecule is CC1(O)C(NC(=O)Nc2ccccc2)=C(C2CC2)C=C(C(F)(F)F)C1(C)Br. The number of amides is 2. The van der Waals surface area contributed by atoms with Crippen LogP contribution in [0, 0.1) is 5.92 Å². The van der Waals surface area contributed by atoms with Crippen molar-refractivity contribution >= 4 is 27.6 Å². The molecule has 2 amide bonds. The van der Waals surface area contributed by atoms with Crippen molar-refractivity contribution in [2.45, 2.75) is 42.8 Å². The number of hydrogen-bond acceptors (Lipinski definition) is 2. The van der Waals surface area contributed by atoms with Gasteiger partial charge in [-0.3, -0.25) is 0 Å². The molecular weight excluding hydrogens is 425 g/mol. The van der Waals surface area contributed by atoms with Crippen molar-refractivity contribution in [2.24, 2.45) is 5.92 Å². The van der Waals surface area contributed by atoms with Gasteiger partial charge in [0.1, 0.15) is 5.60 Å². The molecule has 2 aliphatic rings. The van der Waals surface area contributed by atoms with E-state index in [0.717, 1.165) is 18.9 Å². The molecule has 146 valence electrons. The Morgan fingerprint density at radius 2 is 1.78 bits per heavy atom. The molecule has 0 heterocycles. The van der Waals surface area contributed by atoms with E-state index in [2.05, 4.69) is 26.6 Å². The summed E-state index contributed by atoms with van der Waals surface area (Å²) in [7, 11) is 0. The molecule has 2 unspecified atom stereocenters. The molecule has 2 atom stereocenters. The standard InChI is InChI=1S/C19H20BrF3N2O2/c1-17(20)14(19(21,22)23)10-13(11-8-9-11)15(18(17,2)27)25-16(26)24-12-6-4-3-5-7-12/h3-7,10-11,27H,8-9H2,1-2H3,(H2,24,25,26). The van der Waals surface area contributed by atoms with Gasteiger partial charge in [-0.05, 0) is 56.4 Å². The van der Waals surface area contributed by atoms with E-state index in [9.17, 15) is 23.1 Å². The van der Waals surface area contributed by atoms with Gasteiger partial charge in [-0.15, -0.1) is 0 Å². The van der Waals surface area contributed by atoms with Crippen LogP contribution >= 0.6 is 15.9 Å². The van der Waals surface area contributed by atoms with E-state index < -0.39 is 27.7 Å². The number of allylic oxidation sites excluding steroid dienone is 2. The van der Waals surface area contributed by atoms with Crippen LogP contribution in [0.4, 0.5) is 23.7 Å². The van der Waals surface area contributed by atoms with E-state index >= 15 is 0 Å². The molecule has 2 aliphatic carbocycles. The average Bonchev–Trinajstić information content (AvgIpc) is 3.37. The van der Waals surface area contributed by atoms with Gasteiger partial charge in [0.25, 0.3) is 0 Å². The monoisotopic (exact) mass is 444 g/mol. The lowest BCUT2D eigenvalue weighted by atomic mass is 9.74. The first-order valence-electron chi connectivity index (χ1n) is 8.53. The Labute approximate surface area is 163 Å². The number of carbonyl (C=O) groups excluding carboxylic acids is 1. The largest absolute Gasteiger partial charge is 0.414 e. The lowest BCUT2D eigenvalue weighted by molar-refractivity contribution is -0.105. The molecule has 3 rings (SSSR count). The summed E-state index contributed by atoms with van der Waals surface area (Å²) in [4.78, 5) is 12.4. The van der Waals surface area contributed by atoms with Gasteiger partial charge in [0.15, 0.2) is 0 Å². The number of benzene rings is 1. The van der Waals surface area contributed by atoms with Gasteiger partial charge in [0.05, 0.1) is 15.6 Å². The number of hydrogen-bond donors (Lipinski definition) is 3. The normalized spacial score (nSPS) is 28.6. The van der Waals surface area contributed by atoms with Gasteiger partial charge < -0.3 is 15.7 Å². The maximum absolute atomic E-state index is 13.6. The average molecular weight is 445 g/mol. The fourth-order valence-corrected chi connectivity index (χ4v) is 3.73. The van der Waals surface area contributed by atoms with E-state index in [4.69, 9.17) is 0 Å². The van der Waals surface area contributed by atoms with Gasteiger partial charge in [0.2, 0.25) is 0 Å². The lowest BCUT2D eigenvalue weighted by Gasteiger charge is -2.45. The van der Waals surface area contributed by atoms with Crippen molar-refractivity contribution in [1.29, 1.82) is 0 Å². The molecule has 0 aliphatic heterocycles. The van der Waals surface area contributed by atoms with Gasteiger partial charge in [-0.2, -0.15) is 13.2 Å². The molecular formula is C19H20BrF3N2O2. The second-order valence-corrected chi connectivity index (χ2v) is 8.77. The van der Waals surface area contributed by atoms with Crippen LogP contribution in [-0.2, 0) is 0 Å². The maximum Gasteiger partial charge on any atom is 0.414 e. The third kappa shape index (κ3) is 3.78. The van der Waals surface area contributed by atoms with E-state index in [0.29, 0.717) is 11.3 Å². The minimum Gasteiger partial charge on any atom is -0.382 e. The zero-order valence-electron chi connectivity index (χ0n) is 14.8. The summed E-state index contributed by atoms with van der Waals surface area (Å²) >= 11 is 3.07. The number of halogens is 4. The number of rotatable bonds is 3. The van der Waals surface area contributed by atoms with Crippen molar-refractivity contribution in [3.63, 3.8) is 0 Å². The summed E-state index contributed by atoms with van der Waals surface area (Å²) in [5, 5.41) is 16.3. The van der Waals surface area contributed by atoms with Crippen molar-refractivity contribution < 1.29 is 23.1 Å². The zero-order chi connectivity index (χ0) is 20.0. The van der Waals surface area contributed by atoms with Crippen molar-refractivity contribution in [1.82, 2.24) is 5.32 Å². The Morgan fingerprint density at radius 1 is 1.19 bits per heavy atom. The number of nitrogens with one attached hydrogen (secondary N) is 2. The molecule has 3 N–H and O–H groups in total. The van der Waals surface area contributed by atoms with E-state index in [1.165, 1.54) is 13.8 Å². The first-order valence-corrected chi connectivity index (χ1v) is 9.32. The highest BCUT2D eigenvalue weighted by Crippen LogP contribution is 2.54. The molecule has 1 saturated carbocycles. The Balaban J connectivity index is 1.99. The van der Waals surface area contributed by atoms with Crippen LogP contribution in [0.25, 0.3) is 0 Å². The summed E-state index contributed by atoms with van der Waals surface area (Å²) in [6, 6.07) is 8.03. The quantitative estimate of drug-likeness (QED) is 0.581. The molecule has 1 fully saturated rings. The third-order valence-electron chi connectivity index (χ3n) is 5.09. The molecule has 0 aromatic heterocycles. The minimum atomic E-state index is -4.61. The highest BCUT2D eigenvalue weighted by atomic mass is 79.9. The predicted octanol–water partition coefficient (Wildman–Crippen LogP) is 4.88. The summed E-state index contributed by atoms with van der Waals surface area (Å²) in [6.07, 6.45) is -2.11. The van der Waals surface area contributed by atoms with Crippen molar-refractivity contribution in [2.75, 3.05) is 5.32 Å². The van der Waals surface area contributed by atoms with Crippen LogP contribution in [0.3, 0.4) is 0 Å². The number of anilines is 1. The second kappa shape index (κ2) is 6.67. The highest BCUT2D eigenvalue weighted by molar-refractivity contribution is 9.10. The molecule has 27 heavy (non-hydrogen) atoms. The van der Waals surface area contributed by atoms with E-state index in [1.54, 1.807) is 30.3 Å². The maximum atomic E-state index is 13.6. The van der Waals surface area contributed by atoms with Gasteiger partial charge >= 0.3 is 12.2 Å². The van der Waals surface area contributed by atoms with Gasteiger partial charge in [0, 0.05) is 5.69 Å². The molecule has 1 aromatic rings. The van der Waals surface area contributed by atoms with Crippen molar-refractivity contribution in [3.8, 4) is 0 Å². The smallest absolute Gasteiger partial charge is 0.382 e. The van der Waals surface area contributed by atoms with Crippen LogP contribution in [-0.4, -0.2) is 27.2 Å². The summed E-state index contributed by atoms with van der Waals surface area (Å²) in [5.74, 6) is -0.107. The molecule has 0 saturated heterocycles. The molecule has 4 nitrogen and oxygen atoms in total. The number of alkyl halides is 4. The van der Waals surface area contributed by atoms with Crippen LogP contribution in [0.2, 0.25) is 0 Å². The summed E-state index contributed by atoms with van der Waals surface area (Å²) < 4.78 is 38.9. The summed E-state index contributed by atoms with van der Waals surface area (Å²) in [6.45, 7) is 2.54. The number of carbonyl (C=O) groups is 1. The van der Waals surface area contributed by atoms with E-state index in [-0.39, 0.29) is 11.6 Å². The lowest BCUT2D eigenvalue weighted by Crippen LogP contribution is -2.57. The number of aliphatic hydroxyl groups is 1. The predicted molar refractivity (Wildman–Crippen MR) is 100 cm³/mol. The number of urea groups is 1. The van der Waals surface area contributed by atoms with Crippen LogP contribution in [0.1, 0.15) is 26.7 Å². The fourth-order valence-electron chi connectivity index (χ4n) is 3.20. The van der Waals surface area contributed by atoms with Crippen LogP contribution in [0.5, 0.6) is 0 Å². The van der Waals surface area contributed by atoms with Crippen molar-refractivity contribution in [3.05, 3.63) is 53.3 Å². The Bertz CT molecular complexity index is 810. The first-order chi connectivity index (χ1) is 12.4. The molecule has 0 spiro atoms. The third-order valence-corrected chi connectivity index (χ3v) is 6.29.